The maximum Gasteiger partial charge on any atom is 0.230 e. The minimum Gasteiger partial charge on any atom is -0.355 e. The average molecular weight is 387 g/mol. The van der Waals surface area contributed by atoms with Gasteiger partial charge >= 0.3 is 0 Å². The molecule has 1 amide bonds. The van der Waals surface area contributed by atoms with E-state index in [1.54, 1.807) is 12.1 Å². The summed E-state index contributed by atoms with van der Waals surface area (Å²) >= 11 is 0. The molecule has 2 N–H and O–H groups in total. The first-order valence-corrected chi connectivity index (χ1v) is 11.2. The van der Waals surface area contributed by atoms with Gasteiger partial charge in [-0.1, -0.05) is 48.9 Å². The maximum atomic E-state index is 12.9. The van der Waals surface area contributed by atoms with Crippen molar-refractivity contribution >= 4 is 21.6 Å². The Bertz CT molecular complexity index is 873. The molecule has 1 saturated carbocycles. The van der Waals surface area contributed by atoms with Gasteiger partial charge in [-0.25, -0.2) is 8.42 Å². The Kier molecular flexibility index (Phi) is 5.85. The lowest BCUT2D eigenvalue weighted by Gasteiger charge is -2.40. The number of amides is 1. The van der Waals surface area contributed by atoms with Crippen LogP contribution in [0.3, 0.4) is 0 Å². The Balaban J connectivity index is 1.58. The average Bonchev–Trinajstić information content (AvgIpc) is 2.59. The molecule has 2 aromatic rings. The molecule has 5 nitrogen and oxygen atoms in total. The minimum atomic E-state index is -3.30. The summed E-state index contributed by atoms with van der Waals surface area (Å²) < 4.78 is 25.1. The van der Waals surface area contributed by atoms with Crippen LogP contribution in [-0.2, 0) is 26.7 Å². The molecule has 0 aromatic heterocycles. The van der Waals surface area contributed by atoms with Crippen LogP contribution in [0.25, 0.3) is 0 Å². The maximum absolute atomic E-state index is 12.9. The lowest BCUT2D eigenvalue weighted by molar-refractivity contribution is -0.129. The fourth-order valence-corrected chi connectivity index (χ4v) is 4.12. The van der Waals surface area contributed by atoms with Gasteiger partial charge < -0.3 is 5.32 Å². The van der Waals surface area contributed by atoms with Gasteiger partial charge in [-0.3, -0.25) is 9.52 Å². The topological polar surface area (TPSA) is 75.3 Å². The molecule has 2 aromatic carbocycles. The van der Waals surface area contributed by atoms with E-state index in [1.165, 1.54) is 5.56 Å². The third-order valence-corrected chi connectivity index (χ3v) is 5.76. The molecule has 0 spiro atoms. The molecule has 0 radical (unpaired) electrons. The largest absolute Gasteiger partial charge is 0.355 e. The lowest BCUT2D eigenvalue weighted by Crippen LogP contribution is -2.49. The Morgan fingerprint density at radius 3 is 2.26 bits per heavy atom. The highest BCUT2D eigenvalue weighted by Crippen LogP contribution is 2.44. The molecule has 6 heteroatoms. The van der Waals surface area contributed by atoms with Crippen molar-refractivity contribution in [2.45, 2.75) is 37.5 Å². The van der Waals surface area contributed by atoms with Gasteiger partial charge in [-0.15, -0.1) is 0 Å². The first-order valence-electron chi connectivity index (χ1n) is 9.30. The molecular formula is C21H26N2O3S. The molecule has 0 unspecified atom stereocenters. The number of benzene rings is 2. The zero-order valence-electron chi connectivity index (χ0n) is 15.6. The van der Waals surface area contributed by atoms with E-state index in [1.807, 2.05) is 30.3 Å². The highest BCUT2D eigenvalue weighted by molar-refractivity contribution is 7.92. The molecule has 1 aliphatic carbocycles. The van der Waals surface area contributed by atoms with Crippen LogP contribution in [0.5, 0.6) is 0 Å². The molecule has 0 aliphatic heterocycles. The van der Waals surface area contributed by atoms with Crippen molar-refractivity contribution < 1.29 is 13.2 Å². The quantitative estimate of drug-likeness (QED) is 0.684. The van der Waals surface area contributed by atoms with Gasteiger partial charge in [0.1, 0.15) is 0 Å². The third kappa shape index (κ3) is 4.89. The second-order valence-electron chi connectivity index (χ2n) is 7.23. The number of anilines is 1. The van der Waals surface area contributed by atoms with E-state index in [9.17, 15) is 13.2 Å². The number of rotatable bonds is 8. The summed E-state index contributed by atoms with van der Waals surface area (Å²) in [5.74, 6) is 0.0747. The summed E-state index contributed by atoms with van der Waals surface area (Å²) in [6.07, 6.45) is 5.66. The van der Waals surface area contributed by atoms with Crippen molar-refractivity contribution in [3.05, 3.63) is 65.7 Å². The smallest absolute Gasteiger partial charge is 0.230 e. The second-order valence-corrected chi connectivity index (χ2v) is 8.98. The standard InChI is InChI=1S/C21H26N2O3S/c1-27(25,26)23-19-12-10-18(11-13-19)21(14-6-15-21)20(24)22-16-5-9-17-7-3-2-4-8-17/h2-4,7-8,10-13,23H,5-6,9,14-16H2,1H3,(H,22,24). The Labute approximate surface area is 161 Å². The van der Waals surface area contributed by atoms with Crippen LogP contribution in [0.2, 0.25) is 0 Å². The van der Waals surface area contributed by atoms with Crippen LogP contribution in [-0.4, -0.2) is 27.1 Å². The van der Waals surface area contributed by atoms with Gasteiger partial charge in [0.25, 0.3) is 0 Å². The number of carbonyl (C=O) groups excluding carboxylic acids is 1. The summed E-state index contributed by atoms with van der Waals surface area (Å²) in [5.41, 5.74) is 2.27. The Morgan fingerprint density at radius 1 is 1.04 bits per heavy atom. The lowest BCUT2D eigenvalue weighted by atomic mass is 9.64. The summed E-state index contributed by atoms with van der Waals surface area (Å²) in [4.78, 5) is 12.9. The number of sulfonamides is 1. The van der Waals surface area contributed by atoms with E-state index in [2.05, 4.69) is 22.2 Å². The predicted octanol–water partition coefficient (Wildman–Crippen LogP) is 3.23. The summed E-state index contributed by atoms with van der Waals surface area (Å²) in [6.45, 7) is 0.656. The number of nitrogens with one attached hydrogen (secondary N) is 2. The van der Waals surface area contributed by atoms with Gasteiger partial charge in [0.05, 0.1) is 11.7 Å². The van der Waals surface area contributed by atoms with Crippen LogP contribution < -0.4 is 10.0 Å². The first-order chi connectivity index (χ1) is 12.9. The van der Waals surface area contributed by atoms with Gasteiger partial charge in [-0.2, -0.15) is 0 Å². The van der Waals surface area contributed by atoms with Gasteiger partial charge in [0, 0.05) is 12.2 Å². The highest BCUT2D eigenvalue weighted by Gasteiger charge is 2.45. The molecule has 0 saturated heterocycles. The zero-order chi connectivity index (χ0) is 19.3. The van der Waals surface area contributed by atoms with Crippen LogP contribution in [0.1, 0.15) is 36.8 Å². The predicted molar refractivity (Wildman–Crippen MR) is 108 cm³/mol. The summed E-state index contributed by atoms with van der Waals surface area (Å²) in [5, 5.41) is 3.10. The van der Waals surface area contributed by atoms with Crippen LogP contribution in [0.15, 0.2) is 54.6 Å². The van der Waals surface area contributed by atoms with Crippen molar-refractivity contribution in [2.24, 2.45) is 0 Å². The fraction of sp³-hybridized carbons (Fsp3) is 0.381. The van der Waals surface area contributed by atoms with E-state index in [4.69, 9.17) is 0 Å². The third-order valence-electron chi connectivity index (χ3n) is 5.15. The number of aryl methyl sites for hydroxylation is 1. The molecule has 0 atom stereocenters. The highest BCUT2D eigenvalue weighted by atomic mass is 32.2. The van der Waals surface area contributed by atoms with Crippen molar-refractivity contribution in [3.8, 4) is 0 Å². The molecule has 1 fully saturated rings. The van der Waals surface area contributed by atoms with E-state index in [-0.39, 0.29) is 5.91 Å². The normalized spacial score (nSPS) is 15.6. The number of carbonyl (C=O) groups is 1. The Hall–Kier alpha value is -2.34. The summed E-state index contributed by atoms with van der Waals surface area (Å²) in [7, 11) is -3.30. The van der Waals surface area contributed by atoms with E-state index in [0.717, 1.165) is 43.9 Å². The minimum absolute atomic E-state index is 0.0747. The van der Waals surface area contributed by atoms with Crippen molar-refractivity contribution in [3.63, 3.8) is 0 Å². The van der Waals surface area contributed by atoms with Gasteiger partial charge in [0.15, 0.2) is 0 Å². The van der Waals surface area contributed by atoms with Crippen molar-refractivity contribution in [1.82, 2.24) is 5.32 Å². The number of hydrogen-bond donors (Lipinski definition) is 2. The van der Waals surface area contributed by atoms with Gasteiger partial charge in [0.2, 0.25) is 15.9 Å². The van der Waals surface area contributed by atoms with E-state index < -0.39 is 15.4 Å². The first kappa shape index (κ1) is 19.4. The Morgan fingerprint density at radius 2 is 1.70 bits per heavy atom. The van der Waals surface area contributed by atoms with Crippen LogP contribution in [0, 0.1) is 0 Å². The van der Waals surface area contributed by atoms with Crippen molar-refractivity contribution in [2.75, 3.05) is 17.5 Å². The zero-order valence-corrected chi connectivity index (χ0v) is 16.4. The molecule has 0 bridgehead atoms. The van der Waals surface area contributed by atoms with E-state index in [0.29, 0.717) is 12.2 Å². The molecule has 0 heterocycles. The second kappa shape index (κ2) is 8.13. The fourth-order valence-electron chi connectivity index (χ4n) is 3.56. The summed E-state index contributed by atoms with van der Waals surface area (Å²) in [6, 6.07) is 17.4. The molecule has 27 heavy (non-hydrogen) atoms. The van der Waals surface area contributed by atoms with E-state index >= 15 is 0 Å². The van der Waals surface area contributed by atoms with Crippen LogP contribution in [0.4, 0.5) is 5.69 Å². The van der Waals surface area contributed by atoms with Crippen LogP contribution >= 0.6 is 0 Å². The monoisotopic (exact) mass is 386 g/mol. The van der Waals surface area contributed by atoms with Gasteiger partial charge in [-0.05, 0) is 48.9 Å². The molecule has 144 valence electrons. The molecule has 1 aliphatic rings. The molecule has 3 rings (SSSR count). The SMILES string of the molecule is CS(=O)(=O)Nc1ccc(C2(C(=O)NCCCc3ccccc3)CCC2)cc1. The van der Waals surface area contributed by atoms with Crippen molar-refractivity contribution in [1.29, 1.82) is 0 Å². The molecular weight excluding hydrogens is 360 g/mol. The number of hydrogen-bond acceptors (Lipinski definition) is 3.